The van der Waals surface area contributed by atoms with Crippen LogP contribution in [0.2, 0.25) is 5.02 Å². The first-order chi connectivity index (χ1) is 18.8. The van der Waals surface area contributed by atoms with Crippen LogP contribution in [0.25, 0.3) is 17.0 Å². The van der Waals surface area contributed by atoms with E-state index in [1.165, 1.54) is 6.07 Å². The predicted octanol–water partition coefficient (Wildman–Crippen LogP) is 7.22. The van der Waals surface area contributed by atoms with E-state index in [1.54, 1.807) is 12.3 Å². The van der Waals surface area contributed by atoms with Gasteiger partial charge in [-0.1, -0.05) is 78.4 Å². The van der Waals surface area contributed by atoms with Crippen molar-refractivity contribution in [3.05, 3.63) is 112 Å². The zero-order chi connectivity index (χ0) is 27.4. The highest BCUT2D eigenvalue weighted by Gasteiger charge is 2.35. The Morgan fingerprint density at radius 2 is 1.69 bits per heavy atom. The SMILES string of the molecule is O=C(CC(c1ccc(Cl)c(C(F)(F)F)c1)c1c[nH]c2ccccc12)N1CCN(C/C=C/c2ccccc2)CC1. The van der Waals surface area contributed by atoms with Gasteiger partial charge in [0.25, 0.3) is 0 Å². The van der Waals surface area contributed by atoms with Crippen LogP contribution in [0.15, 0.2) is 85.1 Å². The van der Waals surface area contributed by atoms with E-state index in [0.717, 1.165) is 47.7 Å². The van der Waals surface area contributed by atoms with Crippen molar-refractivity contribution in [3.63, 3.8) is 0 Å². The first kappa shape index (κ1) is 27.0. The van der Waals surface area contributed by atoms with E-state index >= 15 is 0 Å². The van der Waals surface area contributed by atoms with Crippen LogP contribution in [0.4, 0.5) is 13.2 Å². The Morgan fingerprint density at radius 1 is 0.974 bits per heavy atom. The number of rotatable bonds is 7. The molecule has 2 heterocycles. The van der Waals surface area contributed by atoms with Crippen molar-refractivity contribution in [1.29, 1.82) is 0 Å². The predicted molar refractivity (Wildman–Crippen MR) is 150 cm³/mol. The summed E-state index contributed by atoms with van der Waals surface area (Å²) < 4.78 is 41.1. The first-order valence-corrected chi connectivity index (χ1v) is 13.3. The summed E-state index contributed by atoms with van der Waals surface area (Å²) in [6.45, 7) is 3.42. The lowest BCUT2D eigenvalue weighted by Gasteiger charge is -2.35. The number of para-hydroxylation sites is 1. The molecule has 0 bridgehead atoms. The number of hydrogen-bond acceptors (Lipinski definition) is 2. The minimum absolute atomic E-state index is 0.0642. The van der Waals surface area contributed by atoms with Gasteiger partial charge in [-0.2, -0.15) is 13.2 Å². The van der Waals surface area contributed by atoms with Gasteiger partial charge >= 0.3 is 6.18 Å². The van der Waals surface area contributed by atoms with Gasteiger partial charge in [0.05, 0.1) is 10.6 Å². The maximum absolute atomic E-state index is 13.7. The van der Waals surface area contributed by atoms with E-state index in [4.69, 9.17) is 11.6 Å². The third-order valence-corrected chi connectivity index (χ3v) is 7.60. The number of nitrogens with zero attached hydrogens (tertiary/aromatic N) is 2. The minimum atomic E-state index is -4.59. The Hall–Kier alpha value is -3.55. The molecule has 0 spiro atoms. The van der Waals surface area contributed by atoms with Crippen molar-refractivity contribution >= 4 is 34.5 Å². The van der Waals surface area contributed by atoms with E-state index < -0.39 is 17.7 Å². The van der Waals surface area contributed by atoms with Crippen LogP contribution >= 0.6 is 11.6 Å². The van der Waals surface area contributed by atoms with Gasteiger partial charge in [-0.05, 0) is 34.9 Å². The zero-order valence-electron chi connectivity index (χ0n) is 21.3. The zero-order valence-corrected chi connectivity index (χ0v) is 22.1. The average Bonchev–Trinajstić information content (AvgIpc) is 3.36. The van der Waals surface area contributed by atoms with Crippen molar-refractivity contribution in [1.82, 2.24) is 14.8 Å². The highest BCUT2D eigenvalue weighted by atomic mass is 35.5. The van der Waals surface area contributed by atoms with E-state index in [-0.39, 0.29) is 17.4 Å². The fraction of sp³-hybridized carbons (Fsp3) is 0.258. The molecule has 1 amide bonds. The molecule has 4 nitrogen and oxygen atoms in total. The number of benzene rings is 3. The summed E-state index contributed by atoms with van der Waals surface area (Å²) in [5.74, 6) is -0.632. The third-order valence-electron chi connectivity index (χ3n) is 7.27. The molecule has 202 valence electrons. The van der Waals surface area contributed by atoms with Crippen molar-refractivity contribution < 1.29 is 18.0 Å². The quantitative estimate of drug-likeness (QED) is 0.263. The van der Waals surface area contributed by atoms with Crippen LogP contribution in [0.5, 0.6) is 0 Å². The molecule has 0 radical (unpaired) electrons. The number of amides is 1. The van der Waals surface area contributed by atoms with Crippen LogP contribution in [-0.4, -0.2) is 53.4 Å². The number of H-pyrrole nitrogens is 1. The first-order valence-electron chi connectivity index (χ1n) is 12.9. The highest BCUT2D eigenvalue weighted by molar-refractivity contribution is 6.31. The molecule has 39 heavy (non-hydrogen) atoms. The monoisotopic (exact) mass is 551 g/mol. The van der Waals surface area contributed by atoms with E-state index in [2.05, 4.69) is 34.2 Å². The number of halogens is 4. The Labute approximate surface area is 230 Å². The number of piperazine rings is 1. The molecular weight excluding hydrogens is 523 g/mol. The molecule has 5 rings (SSSR count). The average molecular weight is 552 g/mol. The molecule has 8 heteroatoms. The topological polar surface area (TPSA) is 39.3 Å². The summed E-state index contributed by atoms with van der Waals surface area (Å²) >= 11 is 5.91. The van der Waals surface area contributed by atoms with Gasteiger partial charge in [-0.15, -0.1) is 0 Å². The molecule has 1 fully saturated rings. The van der Waals surface area contributed by atoms with Crippen molar-refractivity contribution in [2.75, 3.05) is 32.7 Å². The molecule has 1 aliphatic rings. The third kappa shape index (κ3) is 6.37. The molecule has 1 aliphatic heterocycles. The lowest BCUT2D eigenvalue weighted by Crippen LogP contribution is -2.48. The lowest BCUT2D eigenvalue weighted by atomic mass is 9.87. The lowest BCUT2D eigenvalue weighted by molar-refractivity contribution is -0.137. The summed E-state index contributed by atoms with van der Waals surface area (Å²) in [5.41, 5.74) is 2.32. The Balaban J connectivity index is 1.32. The van der Waals surface area contributed by atoms with Gasteiger partial charge in [-0.3, -0.25) is 9.69 Å². The van der Waals surface area contributed by atoms with E-state index in [0.29, 0.717) is 18.7 Å². The molecule has 4 aromatic rings. The number of carbonyl (C=O) groups is 1. The van der Waals surface area contributed by atoms with Crippen LogP contribution in [0.1, 0.15) is 34.6 Å². The summed E-state index contributed by atoms with van der Waals surface area (Å²) in [4.78, 5) is 20.8. The standard InChI is InChI=1S/C31H29ClF3N3O/c32-28-13-12-23(19-27(28)31(33,34)35)25(26-21-36-29-11-5-4-10-24(26)29)20-30(39)38-17-15-37(16-18-38)14-6-9-22-7-2-1-3-8-22/h1-13,19,21,25,36H,14-18,20H2/b9-6+. The summed E-state index contributed by atoms with van der Waals surface area (Å²) in [7, 11) is 0. The van der Waals surface area contributed by atoms with E-state index in [9.17, 15) is 18.0 Å². The maximum Gasteiger partial charge on any atom is 0.417 e. The second-order valence-corrected chi connectivity index (χ2v) is 10.2. The van der Waals surface area contributed by atoms with Gasteiger partial charge in [0.2, 0.25) is 5.91 Å². The summed E-state index contributed by atoms with van der Waals surface area (Å²) in [5, 5.41) is 0.529. The number of alkyl halides is 3. The second kappa shape index (κ2) is 11.7. The van der Waals surface area contributed by atoms with Crippen LogP contribution in [-0.2, 0) is 11.0 Å². The molecule has 1 atom stereocenters. The van der Waals surface area contributed by atoms with Gasteiger partial charge in [-0.25, -0.2) is 0 Å². The fourth-order valence-electron chi connectivity index (χ4n) is 5.15. The number of nitrogens with one attached hydrogen (secondary N) is 1. The fourth-order valence-corrected chi connectivity index (χ4v) is 5.38. The van der Waals surface area contributed by atoms with Crippen LogP contribution in [0, 0.1) is 0 Å². The van der Waals surface area contributed by atoms with E-state index in [1.807, 2.05) is 47.4 Å². The van der Waals surface area contributed by atoms with Gasteiger partial charge < -0.3 is 9.88 Å². The summed E-state index contributed by atoms with van der Waals surface area (Å²) in [6.07, 6.45) is 1.48. The smallest absolute Gasteiger partial charge is 0.361 e. The molecule has 1 aromatic heterocycles. The molecular formula is C31H29ClF3N3O. The molecule has 3 aromatic carbocycles. The molecule has 1 unspecified atom stereocenters. The number of aromatic amines is 1. The van der Waals surface area contributed by atoms with Gasteiger partial charge in [0, 0.05) is 62.2 Å². The Morgan fingerprint density at radius 3 is 2.44 bits per heavy atom. The van der Waals surface area contributed by atoms with Gasteiger partial charge in [0.15, 0.2) is 0 Å². The molecule has 0 saturated carbocycles. The number of hydrogen-bond donors (Lipinski definition) is 1. The molecule has 1 N–H and O–H groups in total. The molecule has 0 aliphatic carbocycles. The highest BCUT2D eigenvalue weighted by Crippen LogP contribution is 2.40. The largest absolute Gasteiger partial charge is 0.417 e. The second-order valence-electron chi connectivity index (χ2n) is 9.78. The number of carbonyl (C=O) groups excluding carboxylic acids is 1. The minimum Gasteiger partial charge on any atom is -0.361 e. The maximum atomic E-state index is 13.7. The van der Waals surface area contributed by atoms with Gasteiger partial charge in [0.1, 0.15) is 0 Å². The normalized spacial score (nSPS) is 15.7. The van der Waals surface area contributed by atoms with Crippen LogP contribution in [0.3, 0.4) is 0 Å². The van der Waals surface area contributed by atoms with Crippen molar-refractivity contribution in [3.8, 4) is 0 Å². The molecule has 1 saturated heterocycles. The Bertz CT molecular complexity index is 1460. The number of aromatic nitrogens is 1. The Kier molecular flexibility index (Phi) is 8.10. The summed E-state index contributed by atoms with van der Waals surface area (Å²) in [6, 6.07) is 21.6. The number of fused-ring (bicyclic) bond motifs is 1. The van der Waals surface area contributed by atoms with Crippen molar-refractivity contribution in [2.45, 2.75) is 18.5 Å². The van der Waals surface area contributed by atoms with Crippen LogP contribution < -0.4 is 0 Å². The van der Waals surface area contributed by atoms with Crippen molar-refractivity contribution in [2.24, 2.45) is 0 Å².